The number of sulfonamides is 1. The van der Waals surface area contributed by atoms with Crippen LogP contribution in [-0.2, 0) is 10.0 Å². The van der Waals surface area contributed by atoms with E-state index in [1.54, 1.807) is 14.1 Å². The molecular weight excluding hydrogens is 248 g/mol. The van der Waals surface area contributed by atoms with E-state index >= 15 is 0 Å². The van der Waals surface area contributed by atoms with Crippen LogP contribution in [0.2, 0.25) is 0 Å². The van der Waals surface area contributed by atoms with Crippen molar-refractivity contribution in [2.24, 2.45) is 5.92 Å². The molecule has 0 aromatic heterocycles. The van der Waals surface area contributed by atoms with Gasteiger partial charge in [-0.1, -0.05) is 32.1 Å². The van der Waals surface area contributed by atoms with E-state index in [4.69, 9.17) is 0 Å². The summed E-state index contributed by atoms with van der Waals surface area (Å²) in [6.07, 6.45) is 8.00. The maximum atomic E-state index is 11.6. The first-order valence-corrected chi connectivity index (χ1v) is 8.66. The van der Waals surface area contributed by atoms with E-state index in [0.29, 0.717) is 12.6 Å². The maximum Gasteiger partial charge on any atom is 0.214 e. The highest BCUT2D eigenvalue weighted by atomic mass is 32.2. The third-order valence-electron chi connectivity index (χ3n) is 3.82. The van der Waals surface area contributed by atoms with Crippen molar-refractivity contribution in [3.8, 4) is 0 Å². The number of nitrogens with one attached hydrogen (secondary N) is 1. The molecule has 4 nitrogen and oxygen atoms in total. The zero-order valence-electron chi connectivity index (χ0n) is 12.0. The Morgan fingerprint density at radius 1 is 1.22 bits per heavy atom. The van der Waals surface area contributed by atoms with Gasteiger partial charge in [0.05, 0.1) is 5.75 Å². The first-order chi connectivity index (χ1) is 8.42. The second-order valence-corrected chi connectivity index (χ2v) is 8.00. The van der Waals surface area contributed by atoms with E-state index in [1.807, 2.05) is 0 Å². The molecule has 0 heterocycles. The predicted octanol–water partition coefficient (Wildman–Crippen LogP) is 1.83. The summed E-state index contributed by atoms with van der Waals surface area (Å²) in [5.74, 6) is 1.03. The first-order valence-electron chi connectivity index (χ1n) is 7.05. The van der Waals surface area contributed by atoms with E-state index < -0.39 is 10.0 Å². The number of nitrogens with zero attached hydrogens (tertiary/aromatic N) is 1. The van der Waals surface area contributed by atoms with Crippen molar-refractivity contribution < 1.29 is 8.42 Å². The van der Waals surface area contributed by atoms with Gasteiger partial charge in [-0.25, -0.2) is 12.7 Å². The molecule has 0 spiro atoms. The Hall–Kier alpha value is -0.130. The van der Waals surface area contributed by atoms with Crippen LogP contribution in [0.5, 0.6) is 0 Å². The molecule has 5 heteroatoms. The average Bonchev–Trinajstić information content (AvgIpc) is 2.29. The minimum Gasteiger partial charge on any atom is -0.313 e. The number of hydrogen-bond acceptors (Lipinski definition) is 3. The Kier molecular flexibility index (Phi) is 6.60. The van der Waals surface area contributed by atoms with Crippen molar-refractivity contribution >= 4 is 10.0 Å². The SMILES string of the molecule is C[C@@H](CC1CCCCC1)NCCS(=O)(=O)N(C)C. The monoisotopic (exact) mass is 276 g/mol. The summed E-state index contributed by atoms with van der Waals surface area (Å²) in [6, 6.07) is 0.422. The lowest BCUT2D eigenvalue weighted by Crippen LogP contribution is -2.36. The minimum atomic E-state index is -3.06. The molecule has 1 fully saturated rings. The minimum absolute atomic E-state index is 0.189. The fourth-order valence-electron chi connectivity index (χ4n) is 2.62. The van der Waals surface area contributed by atoms with Crippen molar-refractivity contribution in [3.05, 3.63) is 0 Å². The van der Waals surface area contributed by atoms with Crippen LogP contribution in [0.3, 0.4) is 0 Å². The molecule has 1 aliphatic carbocycles. The standard InChI is InChI=1S/C13H28N2O2S/c1-12(11-13-7-5-4-6-8-13)14-9-10-18(16,17)15(2)3/h12-14H,4-11H2,1-3H3/t12-/m0/s1. The third-order valence-corrected chi connectivity index (χ3v) is 5.65. The van der Waals surface area contributed by atoms with Gasteiger partial charge in [-0.15, -0.1) is 0 Å². The molecule has 0 amide bonds. The third kappa shape index (κ3) is 5.67. The van der Waals surface area contributed by atoms with Crippen molar-refractivity contribution in [2.45, 2.75) is 51.5 Å². The molecule has 0 aromatic carbocycles. The maximum absolute atomic E-state index is 11.6. The van der Waals surface area contributed by atoms with Crippen LogP contribution in [0.4, 0.5) is 0 Å². The van der Waals surface area contributed by atoms with Gasteiger partial charge in [0.15, 0.2) is 0 Å². The smallest absolute Gasteiger partial charge is 0.214 e. The Morgan fingerprint density at radius 3 is 2.39 bits per heavy atom. The summed E-state index contributed by atoms with van der Waals surface area (Å²) in [4.78, 5) is 0. The van der Waals surface area contributed by atoms with Gasteiger partial charge in [0, 0.05) is 26.7 Å². The van der Waals surface area contributed by atoms with Crippen LogP contribution in [0.25, 0.3) is 0 Å². The lowest BCUT2D eigenvalue weighted by atomic mass is 9.85. The van der Waals surface area contributed by atoms with Gasteiger partial charge < -0.3 is 5.32 Å². The summed E-state index contributed by atoms with van der Waals surface area (Å²) in [5, 5.41) is 3.34. The highest BCUT2D eigenvalue weighted by Crippen LogP contribution is 2.27. The van der Waals surface area contributed by atoms with Crippen LogP contribution >= 0.6 is 0 Å². The van der Waals surface area contributed by atoms with Crippen molar-refractivity contribution in [3.63, 3.8) is 0 Å². The molecule has 0 unspecified atom stereocenters. The van der Waals surface area contributed by atoms with E-state index in [2.05, 4.69) is 12.2 Å². The van der Waals surface area contributed by atoms with E-state index in [0.717, 1.165) is 5.92 Å². The van der Waals surface area contributed by atoms with Crippen molar-refractivity contribution in [2.75, 3.05) is 26.4 Å². The highest BCUT2D eigenvalue weighted by molar-refractivity contribution is 7.89. The molecule has 0 bridgehead atoms. The van der Waals surface area contributed by atoms with Gasteiger partial charge in [0.1, 0.15) is 0 Å². The zero-order chi connectivity index (χ0) is 13.6. The van der Waals surface area contributed by atoms with Gasteiger partial charge >= 0.3 is 0 Å². The zero-order valence-corrected chi connectivity index (χ0v) is 12.8. The lowest BCUT2D eigenvalue weighted by Gasteiger charge is -2.25. The average molecular weight is 276 g/mol. The van der Waals surface area contributed by atoms with Crippen LogP contribution in [0.1, 0.15) is 45.4 Å². The van der Waals surface area contributed by atoms with Crippen LogP contribution < -0.4 is 5.32 Å². The Balaban J connectivity index is 2.18. The molecular formula is C13H28N2O2S. The van der Waals surface area contributed by atoms with Crippen LogP contribution in [0.15, 0.2) is 0 Å². The summed E-state index contributed by atoms with van der Waals surface area (Å²) >= 11 is 0. The van der Waals surface area contributed by atoms with Gasteiger partial charge in [-0.3, -0.25) is 0 Å². The van der Waals surface area contributed by atoms with E-state index in [9.17, 15) is 8.42 Å². The summed E-state index contributed by atoms with van der Waals surface area (Å²) in [5.41, 5.74) is 0. The second-order valence-electron chi connectivity index (χ2n) is 5.69. The highest BCUT2D eigenvalue weighted by Gasteiger charge is 2.17. The molecule has 0 aliphatic heterocycles. The topological polar surface area (TPSA) is 49.4 Å². The summed E-state index contributed by atoms with van der Waals surface area (Å²) < 4.78 is 24.5. The van der Waals surface area contributed by atoms with Crippen molar-refractivity contribution in [1.29, 1.82) is 0 Å². The van der Waals surface area contributed by atoms with E-state index in [-0.39, 0.29) is 5.75 Å². The molecule has 108 valence electrons. The van der Waals surface area contributed by atoms with E-state index in [1.165, 1.54) is 42.8 Å². The van der Waals surface area contributed by atoms with Crippen LogP contribution in [0, 0.1) is 5.92 Å². The van der Waals surface area contributed by atoms with Gasteiger partial charge in [0.25, 0.3) is 0 Å². The quantitative estimate of drug-likeness (QED) is 0.772. The predicted molar refractivity (Wildman–Crippen MR) is 76.1 cm³/mol. The Bertz CT molecular complexity index is 322. The number of hydrogen-bond donors (Lipinski definition) is 1. The fraction of sp³-hybridized carbons (Fsp3) is 1.00. The number of rotatable bonds is 7. The van der Waals surface area contributed by atoms with Gasteiger partial charge in [-0.05, 0) is 19.3 Å². The second kappa shape index (κ2) is 7.46. The van der Waals surface area contributed by atoms with Gasteiger partial charge in [-0.2, -0.15) is 0 Å². The first kappa shape index (κ1) is 15.9. The van der Waals surface area contributed by atoms with Crippen molar-refractivity contribution in [1.82, 2.24) is 9.62 Å². The molecule has 1 N–H and O–H groups in total. The molecule has 1 rings (SSSR count). The molecule has 0 radical (unpaired) electrons. The Labute approximate surface area is 112 Å². The molecule has 0 saturated heterocycles. The lowest BCUT2D eigenvalue weighted by molar-refractivity contribution is 0.307. The molecule has 1 atom stereocenters. The Morgan fingerprint density at radius 2 is 1.83 bits per heavy atom. The molecule has 18 heavy (non-hydrogen) atoms. The normalized spacial score (nSPS) is 20.2. The molecule has 1 saturated carbocycles. The van der Waals surface area contributed by atoms with Crippen LogP contribution in [-0.4, -0.2) is 45.2 Å². The molecule has 0 aromatic rings. The van der Waals surface area contributed by atoms with Gasteiger partial charge in [0.2, 0.25) is 10.0 Å². The largest absolute Gasteiger partial charge is 0.313 e. The summed E-state index contributed by atoms with van der Waals surface area (Å²) in [7, 11) is 0.112. The fourth-order valence-corrected chi connectivity index (χ4v) is 3.36. The molecule has 1 aliphatic rings. The summed E-state index contributed by atoms with van der Waals surface area (Å²) in [6.45, 7) is 2.71.